The van der Waals surface area contributed by atoms with Crippen LogP contribution < -0.4 is 0 Å². The van der Waals surface area contributed by atoms with Gasteiger partial charge in [-0.05, 0) is 25.5 Å². The highest BCUT2D eigenvalue weighted by Crippen LogP contribution is 2.10. The molecule has 0 radical (unpaired) electrons. The minimum absolute atomic E-state index is 0.635. The first kappa shape index (κ1) is 13.0. The second-order valence-corrected chi connectivity index (χ2v) is 5.10. The third kappa shape index (κ3) is 3.28. The summed E-state index contributed by atoms with van der Waals surface area (Å²) in [7, 11) is 0. The Morgan fingerprint density at radius 1 is 1.28 bits per heavy atom. The first-order chi connectivity index (χ1) is 8.69. The van der Waals surface area contributed by atoms with E-state index in [1.165, 1.54) is 0 Å². The van der Waals surface area contributed by atoms with E-state index in [9.17, 15) is 0 Å². The van der Waals surface area contributed by atoms with E-state index in [1.807, 2.05) is 12.3 Å². The average Bonchev–Trinajstić information content (AvgIpc) is 2.39. The molecule has 1 aromatic rings. The van der Waals surface area contributed by atoms with Gasteiger partial charge in [-0.25, -0.2) is 0 Å². The van der Waals surface area contributed by atoms with Gasteiger partial charge in [0.15, 0.2) is 0 Å². The first-order valence-electron chi connectivity index (χ1n) is 6.49. The lowest BCUT2D eigenvalue weighted by atomic mass is 10.2. The zero-order valence-corrected chi connectivity index (χ0v) is 11.1. The SMILES string of the molecule is CC(C)N1CCN(Cc2cncc(C#N)c2)CC1. The second kappa shape index (κ2) is 5.94. The molecule has 0 aliphatic carbocycles. The van der Waals surface area contributed by atoms with Crippen molar-refractivity contribution in [1.29, 1.82) is 5.26 Å². The maximum absolute atomic E-state index is 8.85. The van der Waals surface area contributed by atoms with Crippen molar-refractivity contribution in [3.63, 3.8) is 0 Å². The molecule has 0 bridgehead atoms. The Labute approximate surface area is 109 Å². The van der Waals surface area contributed by atoms with Gasteiger partial charge >= 0.3 is 0 Å². The smallest absolute Gasteiger partial charge is 0.101 e. The van der Waals surface area contributed by atoms with Crippen LogP contribution in [-0.4, -0.2) is 47.0 Å². The van der Waals surface area contributed by atoms with Crippen LogP contribution in [-0.2, 0) is 6.54 Å². The number of pyridine rings is 1. The summed E-state index contributed by atoms with van der Waals surface area (Å²) in [5, 5.41) is 8.85. The second-order valence-electron chi connectivity index (χ2n) is 5.10. The molecule has 1 aromatic heterocycles. The number of hydrogen-bond acceptors (Lipinski definition) is 4. The van der Waals surface area contributed by atoms with Crippen molar-refractivity contribution in [2.45, 2.75) is 26.4 Å². The summed E-state index contributed by atoms with van der Waals surface area (Å²) in [5.41, 5.74) is 1.78. The molecule has 2 heterocycles. The van der Waals surface area contributed by atoms with Crippen molar-refractivity contribution >= 4 is 0 Å². The zero-order chi connectivity index (χ0) is 13.0. The zero-order valence-electron chi connectivity index (χ0n) is 11.1. The van der Waals surface area contributed by atoms with Crippen LogP contribution in [0.25, 0.3) is 0 Å². The van der Waals surface area contributed by atoms with Crippen molar-refractivity contribution in [2.75, 3.05) is 26.2 Å². The van der Waals surface area contributed by atoms with Crippen molar-refractivity contribution in [1.82, 2.24) is 14.8 Å². The lowest BCUT2D eigenvalue weighted by Crippen LogP contribution is -2.48. The normalized spacial score (nSPS) is 17.9. The summed E-state index contributed by atoms with van der Waals surface area (Å²) < 4.78 is 0. The largest absolute Gasteiger partial charge is 0.298 e. The summed E-state index contributed by atoms with van der Waals surface area (Å²) in [4.78, 5) is 9.03. The van der Waals surface area contributed by atoms with Gasteiger partial charge in [0, 0.05) is 51.2 Å². The van der Waals surface area contributed by atoms with Crippen molar-refractivity contribution in [3.05, 3.63) is 29.6 Å². The van der Waals surface area contributed by atoms with Crippen LogP contribution in [0.4, 0.5) is 0 Å². The third-order valence-corrected chi connectivity index (χ3v) is 3.47. The lowest BCUT2D eigenvalue weighted by molar-refractivity contribution is 0.104. The Bertz CT molecular complexity index is 428. The number of nitrogens with zero attached hydrogens (tertiary/aromatic N) is 4. The molecule has 1 fully saturated rings. The standard InChI is InChI=1S/C14H20N4/c1-12(2)18-5-3-17(4-6-18)11-14-7-13(8-15)9-16-10-14/h7,9-10,12H,3-6,11H2,1-2H3. The fraction of sp³-hybridized carbons (Fsp3) is 0.571. The molecule has 4 nitrogen and oxygen atoms in total. The fourth-order valence-electron chi connectivity index (χ4n) is 2.33. The van der Waals surface area contributed by atoms with Crippen LogP contribution in [0.15, 0.2) is 18.5 Å². The van der Waals surface area contributed by atoms with Crippen LogP contribution in [0.1, 0.15) is 25.0 Å². The summed E-state index contributed by atoms with van der Waals surface area (Å²) >= 11 is 0. The highest BCUT2D eigenvalue weighted by Gasteiger charge is 2.18. The van der Waals surface area contributed by atoms with Gasteiger partial charge < -0.3 is 0 Å². The van der Waals surface area contributed by atoms with Gasteiger partial charge in [0.25, 0.3) is 0 Å². The van der Waals surface area contributed by atoms with Gasteiger partial charge in [0.05, 0.1) is 5.56 Å². The molecular formula is C14H20N4. The van der Waals surface area contributed by atoms with E-state index in [-0.39, 0.29) is 0 Å². The summed E-state index contributed by atoms with van der Waals surface area (Å²) in [6.45, 7) is 9.83. The monoisotopic (exact) mass is 244 g/mol. The predicted octanol–water partition coefficient (Wildman–Crippen LogP) is 1.48. The van der Waals surface area contributed by atoms with Gasteiger partial charge in [0.2, 0.25) is 0 Å². The summed E-state index contributed by atoms with van der Waals surface area (Å²) in [5.74, 6) is 0. The number of rotatable bonds is 3. The quantitative estimate of drug-likeness (QED) is 0.808. The number of hydrogen-bond donors (Lipinski definition) is 0. The summed E-state index contributed by atoms with van der Waals surface area (Å²) in [6, 6.07) is 4.70. The topological polar surface area (TPSA) is 43.2 Å². The molecule has 1 aliphatic rings. The molecule has 18 heavy (non-hydrogen) atoms. The number of nitriles is 1. The molecule has 0 unspecified atom stereocenters. The Hall–Kier alpha value is -1.44. The predicted molar refractivity (Wildman–Crippen MR) is 70.9 cm³/mol. The van der Waals surface area contributed by atoms with Crippen LogP contribution in [0.2, 0.25) is 0 Å². The van der Waals surface area contributed by atoms with E-state index in [0.29, 0.717) is 11.6 Å². The number of piperazine rings is 1. The Balaban J connectivity index is 1.90. The molecule has 4 heteroatoms. The molecule has 0 aromatic carbocycles. The Kier molecular flexibility index (Phi) is 4.29. The highest BCUT2D eigenvalue weighted by molar-refractivity contribution is 5.28. The van der Waals surface area contributed by atoms with Crippen molar-refractivity contribution < 1.29 is 0 Å². The molecule has 1 aliphatic heterocycles. The summed E-state index contributed by atoms with van der Waals surface area (Å²) in [6.07, 6.45) is 3.47. The Morgan fingerprint density at radius 2 is 2.00 bits per heavy atom. The maximum atomic E-state index is 8.85. The fourth-order valence-corrected chi connectivity index (χ4v) is 2.33. The van der Waals surface area contributed by atoms with E-state index in [0.717, 1.165) is 38.3 Å². The van der Waals surface area contributed by atoms with Gasteiger partial charge in [0.1, 0.15) is 6.07 Å². The molecule has 0 saturated carbocycles. The molecule has 2 rings (SSSR count). The number of aromatic nitrogens is 1. The minimum Gasteiger partial charge on any atom is -0.298 e. The maximum Gasteiger partial charge on any atom is 0.101 e. The van der Waals surface area contributed by atoms with E-state index >= 15 is 0 Å². The van der Waals surface area contributed by atoms with E-state index < -0.39 is 0 Å². The van der Waals surface area contributed by atoms with E-state index in [4.69, 9.17) is 5.26 Å². The van der Waals surface area contributed by atoms with Crippen molar-refractivity contribution in [2.24, 2.45) is 0 Å². The first-order valence-corrected chi connectivity index (χ1v) is 6.49. The average molecular weight is 244 g/mol. The van der Waals surface area contributed by atoms with Crippen LogP contribution in [0, 0.1) is 11.3 Å². The molecule has 0 N–H and O–H groups in total. The molecule has 0 spiro atoms. The van der Waals surface area contributed by atoms with E-state index in [1.54, 1.807) is 6.20 Å². The van der Waals surface area contributed by atoms with Gasteiger partial charge in [-0.2, -0.15) is 5.26 Å². The minimum atomic E-state index is 0.635. The molecule has 0 amide bonds. The van der Waals surface area contributed by atoms with Crippen LogP contribution >= 0.6 is 0 Å². The van der Waals surface area contributed by atoms with Gasteiger partial charge in [-0.3, -0.25) is 14.8 Å². The van der Waals surface area contributed by atoms with Crippen molar-refractivity contribution in [3.8, 4) is 6.07 Å². The Morgan fingerprint density at radius 3 is 2.61 bits per heavy atom. The van der Waals surface area contributed by atoms with Gasteiger partial charge in [-0.15, -0.1) is 0 Å². The molecular weight excluding hydrogens is 224 g/mol. The third-order valence-electron chi connectivity index (χ3n) is 3.47. The lowest BCUT2D eigenvalue weighted by Gasteiger charge is -2.36. The van der Waals surface area contributed by atoms with Crippen LogP contribution in [0.5, 0.6) is 0 Å². The highest BCUT2D eigenvalue weighted by atomic mass is 15.3. The van der Waals surface area contributed by atoms with E-state index in [2.05, 4.69) is 34.7 Å². The molecule has 1 saturated heterocycles. The molecule has 0 atom stereocenters. The van der Waals surface area contributed by atoms with Gasteiger partial charge in [-0.1, -0.05) is 0 Å². The molecule has 96 valence electrons. The van der Waals surface area contributed by atoms with Crippen LogP contribution in [0.3, 0.4) is 0 Å².